The minimum atomic E-state index is -0.725. The first-order valence-corrected chi connectivity index (χ1v) is 5.43. The summed E-state index contributed by atoms with van der Waals surface area (Å²) in [5.74, 6) is -1.36. The van der Waals surface area contributed by atoms with Crippen LogP contribution in [0.25, 0.3) is 0 Å². The SMILES string of the molecule is Nc1cccnc1C(=O)NC1CCC(=O)NC1=O. The van der Waals surface area contributed by atoms with E-state index in [1.54, 1.807) is 12.1 Å². The summed E-state index contributed by atoms with van der Waals surface area (Å²) in [5.41, 5.74) is 5.92. The molecule has 2 rings (SSSR count). The standard InChI is InChI=1S/C11H12N4O3/c12-6-2-1-5-13-9(6)11(18)14-7-3-4-8(16)15-10(7)17/h1-2,5,7H,3-4,12H2,(H,14,18)(H,15,16,17). The van der Waals surface area contributed by atoms with Crippen molar-refractivity contribution in [2.24, 2.45) is 0 Å². The Morgan fingerprint density at radius 2 is 2.28 bits per heavy atom. The Balaban J connectivity index is 2.06. The number of nitrogens with one attached hydrogen (secondary N) is 2. The number of piperidine rings is 1. The number of pyridine rings is 1. The van der Waals surface area contributed by atoms with Crippen molar-refractivity contribution in [3.8, 4) is 0 Å². The molecule has 2 heterocycles. The molecule has 0 radical (unpaired) electrons. The van der Waals surface area contributed by atoms with E-state index in [9.17, 15) is 14.4 Å². The van der Waals surface area contributed by atoms with Gasteiger partial charge in [-0.2, -0.15) is 0 Å². The van der Waals surface area contributed by atoms with Gasteiger partial charge in [0, 0.05) is 12.6 Å². The molecule has 0 bridgehead atoms. The number of amides is 3. The number of carbonyl (C=O) groups excluding carboxylic acids is 3. The Hall–Kier alpha value is -2.44. The van der Waals surface area contributed by atoms with E-state index >= 15 is 0 Å². The van der Waals surface area contributed by atoms with E-state index in [1.165, 1.54) is 6.20 Å². The first kappa shape index (κ1) is 12.0. The predicted molar refractivity (Wildman–Crippen MR) is 62.3 cm³/mol. The van der Waals surface area contributed by atoms with Crippen LogP contribution in [0.3, 0.4) is 0 Å². The van der Waals surface area contributed by atoms with Crippen molar-refractivity contribution in [2.75, 3.05) is 5.73 Å². The Kier molecular flexibility index (Phi) is 3.22. The number of hydrogen-bond donors (Lipinski definition) is 3. The average Bonchev–Trinajstić information content (AvgIpc) is 2.33. The van der Waals surface area contributed by atoms with Gasteiger partial charge in [0.25, 0.3) is 5.91 Å². The number of nitrogen functional groups attached to an aromatic ring is 1. The molecule has 4 N–H and O–H groups in total. The van der Waals surface area contributed by atoms with E-state index in [-0.39, 0.29) is 30.1 Å². The lowest BCUT2D eigenvalue weighted by Gasteiger charge is -2.21. The first-order valence-electron chi connectivity index (χ1n) is 5.43. The summed E-state index contributed by atoms with van der Waals surface area (Å²) >= 11 is 0. The van der Waals surface area contributed by atoms with Crippen molar-refractivity contribution in [3.63, 3.8) is 0 Å². The van der Waals surface area contributed by atoms with Gasteiger partial charge in [-0.1, -0.05) is 0 Å². The summed E-state index contributed by atoms with van der Waals surface area (Å²) in [7, 11) is 0. The molecule has 0 aliphatic carbocycles. The van der Waals surface area contributed by atoms with Crippen LogP contribution in [0.4, 0.5) is 5.69 Å². The van der Waals surface area contributed by atoms with Crippen LogP contribution in [0, 0.1) is 0 Å². The van der Waals surface area contributed by atoms with Gasteiger partial charge in [0.2, 0.25) is 11.8 Å². The zero-order chi connectivity index (χ0) is 13.1. The van der Waals surface area contributed by atoms with Crippen molar-refractivity contribution in [2.45, 2.75) is 18.9 Å². The predicted octanol–water partition coefficient (Wildman–Crippen LogP) is -0.801. The van der Waals surface area contributed by atoms with E-state index < -0.39 is 17.9 Å². The lowest BCUT2D eigenvalue weighted by molar-refractivity contribution is -0.134. The van der Waals surface area contributed by atoms with Crippen LogP contribution in [0.15, 0.2) is 18.3 Å². The number of rotatable bonds is 2. The molecule has 7 nitrogen and oxygen atoms in total. The van der Waals surface area contributed by atoms with Crippen LogP contribution < -0.4 is 16.4 Å². The van der Waals surface area contributed by atoms with Gasteiger partial charge < -0.3 is 11.1 Å². The second kappa shape index (κ2) is 4.82. The van der Waals surface area contributed by atoms with Crippen LogP contribution in [0.2, 0.25) is 0 Å². The van der Waals surface area contributed by atoms with Gasteiger partial charge in [0.15, 0.2) is 5.69 Å². The zero-order valence-electron chi connectivity index (χ0n) is 9.47. The van der Waals surface area contributed by atoms with E-state index in [0.29, 0.717) is 0 Å². The largest absolute Gasteiger partial charge is 0.397 e. The first-order chi connectivity index (χ1) is 8.58. The maximum Gasteiger partial charge on any atom is 0.272 e. The normalized spacial score (nSPS) is 19.2. The van der Waals surface area contributed by atoms with Gasteiger partial charge >= 0.3 is 0 Å². The molecule has 7 heteroatoms. The number of nitrogens with zero attached hydrogens (tertiary/aromatic N) is 1. The molecule has 18 heavy (non-hydrogen) atoms. The Morgan fingerprint density at radius 1 is 1.50 bits per heavy atom. The van der Waals surface area contributed by atoms with Gasteiger partial charge in [-0.05, 0) is 18.6 Å². The summed E-state index contributed by atoms with van der Waals surface area (Å²) in [6.07, 6.45) is 1.92. The van der Waals surface area contributed by atoms with E-state index in [4.69, 9.17) is 5.73 Å². The van der Waals surface area contributed by atoms with Crippen molar-refractivity contribution < 1.29 is 14.4 Å². The highest BCUT2D eigenvalue weighted by Gasteiger charge is 2.28. The number of carbonyl (C=O) groups is 3. The molecule has 3 amide bonds. The van der Waals surface area contributed by atoms with E-state index in [1.807, 2.05) is 0 Å². The minimum Gasteiger partial charge on any atom is -0.397 e. The highest BCUT2D eigenvalue weighted by Crippen LogP contribution is 2.09. The minimum absolute atomic E-state index is 0.0715. The van der Waals surface area contributed by atoms with Crippen LogP contribution in [0.1, 0.15) is 23.3 Å². The molecular weight excluding hydrogens is 236 g/mol. The third-order valence-corrected chi connectivity index (χ3v) is 2.60. The topological polar surface area (TPSA) is 114 Å². The molecular formula is C11H12N4O3. The number of hydrogen-bond acceptors (Lipinski definition) is 5. The average molecular weight is 248 g/mol. The fraction of sp³-hybridized carbons (Fsp3) is 0.273. The van der Waals surface area contributed by atoms with Crippen molar-refractivity contribution in [3.05, 3.63) is 24.0 Å². The molecule has 0 aromatic carbocycles. The number of anilines is 1. The molecule has 1 aliphatic rings. The zero-order valence-corrected chi connectivity index (χ0v) is 9.47. The fourth-order valence-corrected chi connectivity index (χ4v) is 1.67. The lowest BCUT2D eigenvalue weighted by Crippen LogP contribution is -2.52. The Bertz CT molecular complexity index is 515. The quantitative estimate of drug-likeness (QED) is 0.593. The maximum atomic E-state index is 11.8. The fourth-order valence-electron chi connectivity index (χ4n) is 1.67. The van der Waals surface area contributed by atoms with Crippen LogP contribution in [-0.4, -0.2) is 28.7 Å². The molecule has 1 unspecified atom stereocenters. The molecule has 0 spiro atoms. The van der Waals surface area contributed by atoms with Gasteiger partial charge in [-0.15, -0.1) is 0 Å². The Labute approximate surface area is 103 Å². The monoisotopic (exact) mass is 248 g/mol. The van der Waals surface area contributed by atoms with Crippen molar-refractivity contribution in [1.29, 1.82) is 0 Å². The highest BCUT2D eigenvalue weighted by molar-refractivity contribution is 6.04. The second-order valence-electron chi connectivity index (χ2n) is 3.92. The van der Waals surface area contributed by atoms with Crippen molar-refractivity contribution in [1.82, 2.24) is 15.6 Å². The molecule has 94 valence electrons. The molecule has 1 aromatic heterocycles. The van der Waals surface area contributed by atoms with Crippen LogP contribution in [-0.2, 0) is 9.59 Å². The highest BCUT2D eigenvalue weighted by atomic mass is 16.2. The molecule has 1 saturated heterocycles. The summed E-state index contributed by atoms with van der Waals surface area (Å²) in [5, 5.41) is 4.66. The van der Waals surface area contributed by atoms with Gasteiger partial charge in [-0.25, -0.2) is 4.98 Å². The number of aromatic nitrogens is 1. The number of imide groups is 1. The molecule has 1 aliphatic heterocycles. The van der Waals surface area contributed by atoms with E-state index in [2.05, 4.69) is 15.6 Å². The molecule has 1 fully saturated rings. The molecule has 0 saturated carbocycles. The smallest absolute Gasteiger partial charge is 0.272 e. The third kappa shape index (κ3) is 2.45. The van der Waals surface area contributed by atoms with Crippen molar-refractivity contribution >= 4 is 23.4 Å². The number of nitrogens with two attached hydrogens (primary N) is 1. The van der Waals surface area contributed by atoms with Crippen LogP contribution in [0.5, 0.6) is 0 Å². The summed E-state index contributed by atoms with van der Waals surface area (Å²) in [6.45, 7) is 0. The van der Waals surface area contributed by atoms with Gasteiger partial charge in [-0.3, -0.25) is 19.7 Å². The molecule has 1 aromatic rings. The second-order valence-corrected chi connectivity index (χ2v) is 3.92. The lowest BCUT2D eigenvalue weighted by atomic mass is 10.1. The summed E-state index contributed by atoms with van der Waals surface area (Å²) < 4.78 is 0. The van der Waals surface area contributed by atoms with Gasteiger partial charge in [0.05, 0.1) is 5.69 Å². The van der Waals surface area contributed by atoms with Gasteiger partial charge in [0.1, 0.15) is 6.04 Å². The third-order valence-electron chi connectivity index (χ3n) is 2.60. The Morgan fingerprint density at radius 3 is 2.94 bits per heavy atom. The van der Waals surface area contributed by atoms with E-state index in [0.717, 1.165) is 0 Å². The summed E-state index contributed by atoms with van der Waals surface area (Å²) in [6, 6.07) is 2.43. The summed E-state index contributed by atoms with van der Waals surface area (Å²) in [4.78, 5) is 38.1. The van der Waals surface area contributed by atoms with Crippen LogP contribution >= 0.6 is 0 Å². The maximum absolute atomic E-state index is 11.8. The molecule has 1 atom stereocenters.